The van der Waals surface area contributed by atoms with Gasteiger partial charge in [-0.2, -0.15) is 0 Å². The van der Waals surface area contributed by atoms with Gasteiger partial charge in [0.1, 0.15) is 0 Å². The van der Waals surface area contributed by atoms with Crippen molar-refractivity contribution < 1.29 is 4.74 Å². The van der Waals surface area contributed by atoms with Crippen LogP contribution >= 0.6 is 0 Å². The lowest BCUT2D eigenvalue weighted by Gasteiger charge is -2.19. The Kier molecular flexibility index (Phi) is 5.96. The van der Waals surface area contributed by atoms with Crippen LogP contribution in [-0.2, 0) is 11.2 Å². The van der Waals surface area contributed by atoms with Crippen molar-refractivity contribution in [2.45, 2.75) is 32.7 Å². The molecular weight excluding hydrogens is 248 g/mol. The largest absolute Gasteiger partial charge is 0.380 e. The van der Waals surface area contributed by atoms with Crippen LogP contribution in [0.5, 0.6) is 0 Å². The van der Waals surface area contributed by atoms with Gasteiger partial charge in [-0.25, -0.2) is 0 Å². The summed E-state index contributed by atoms with van der Waals surface area (Å²) in [6.07, 6.45) is 3.94. The number of nitrogens with zero attached hydrogens (tertiary/aromatic N) is 1. The maximum absolute atomic E-state index is 5.70. The summed E-state index contributed by atoms with van der Waals surface area (Å²) in [5.74, 6) is 0. The summed E-state index contributed by atoms with van der Waals surface area (Å²) in [6, 6.07) is 10.8. The Bertz CT molecular complexity index is 522. The molecular formula is C17H24N2O. The van der Waals surface area contributed by atoms with Gasteiger partial charge in [-0.3, -0.25) is 4.98 Å². The van der Waals surface area contributed by atoms with Gasteiger partial charge in [0, 0.05) is 24.2 Å². The van der Waals surface area contributed by atoms with Crippen LogP contribution in [0, 0.1) is 0 Å². The van der Waals surface area contributed by atoms with Gasteiger partial charge in [-0.1, -0.05) is 32.0 Å². The number of rotatable bonds is 8. The molecule has 20 heavy (non-hydrogen) atoms. The highest BCUT2D eigenvalue weighted by atomic mass is 16.5. The van der Waals surface area contributed by atoms with Crippen molar-refractivity contribution in [3.05, 3.63) is 42.1 Å². The average molecular weight is 272 g/mol. The van der Waals surface area contributed by atoms with E-state index >= 15 is 0 Å². The lowest BCUT2D eigenvalue weighted by Crippen LogP contribution is -2.35. The van der Waals surface area contributed by atoms with E-state index < -0.39 is 0 Å². The Morgan fingerprint density at radius 1 is 1.20 bits per heavy atom. The Morgan fingerprint density at radius 3 is 2.85 bits per heavy atom. The summed E-state index contributed by atoms with van der Waals surface area (Å²) in [4.78, 5) is 4.42. The van der Waals surface area contributed by atoms with Crippen LogP contribution in [-0.4, -0.2) is 30.8 Å². The van der Waals surface area contributed by atoms with E-state index in [0.29, 0.717) is 6.04 Å². The lowest BCUT2D eigenvalue weighted by atomic mass is 10.0. The Morgan fingerprint density at radius 2 is 2.05 bits per heavy atom. The van der Waals surface area contributed by atoms with Crippen molar-refractivity contribution in [3.8, 4) is 0 Å². The van der Waals surface area contributed by atoms with Crippen LogP contribution < -0.4 is 5.32 Å². The summed E-state index contributed by atoms with van der Waals surface area (Å²) in [7, 11) is 0. The van der Waals surface area contributed by atoms with Gasteiger partial charge in [-0.05, 0) is 37.1 Å². The van der Waals surface area contributed by atoms with E-state index in [0.717, 1.165) is 38.1 Å². The van der Waals surface area contributed by atoms with Crippen molar-refractivity contribution in [1.29, 1.82) is 0 Å². The van der Waals surface area contributed by atoms with Crippen LogP contribution in [0.1, 0.15) is 25.8 Å². The van der Waals surface area contributed by atoms with E-state index in [2.05, 4.69) is 48.4 Å². The molecule has 1 heterocycles. The molecule has 0 saturated heterocycles. The monoisotopic (exact) mass is 272 g/mol. The number of hydrogen-bond acceptors (Lipinski definition) is 3. The predicted octanol–water partition coefficient (Wildman–Crippen LogP) is 3.18. The van der Waals surface area contributed by atoms with Crippen molar-refractivity contribution >= 4 is 10.9 Å². The van der Waals surface area contributed by atoms with Gasteiger partial charge in [0.05, 0.1) is 12.1 Å². The second-order valence-corrected chi connectivity index (χ2v) is 5.02. The lowest BCUT2D eigenvalue weighted by molar-refractivity contribution is 0.112. The fourth-order valence-electron chi connectivity index (χ4n) is 2.45. The Hall–Kier alpha value is -1.45. The highest BCUT2D eigenvalue weighted by Crippen LogP contribution is 2.17. The first kappa shape index (κ1) is 14.9. The molecule has 0 saturated carbocycles. The van der Waals surface area contributed by atoms with Gasteiger partial charge in [0.2, 0.25) is 0 Å². The van der Waals surface area contributed by atoms with E-state index in [9.17, 15) is 0 Å². The number of ether oxygens (including phenoxy) is 1. The predicted molar refractivity (Wildman–Crippen MR) is 84.0 cm³/mol. The molecule has 3 heteroatoms. The van der Waals surface area contributed by atoms with Crippen molar-refractivity contribution in [2.75, 3.05) is 19.8 Å². The summed E-state index contributed by atoms with van der Waals surface area (Å²) in [5, 5.41) is 4.75. The SMILES string of the molecule is CCCOCC(Cc1ccnc2ccccc12)NCC. The third kappa shape index (κ3) is 4.02. The standard InChI is InChI=1S/C17H24N2O/c1-3-11-20-13-15(18-4-2)12-14-9-10-19-17-8-6-5-7-16(14)17/h5-10,15,18H,3-4,11-13H2,1-2H3. The molecule has 1 atom stereocenters. The third-order valence-electron chi connectivity index (χ3n) is 3.37. The van der Waals surface area contributed by atoms with E-state index in [1.165, 1.54) is 10.9 Å². The first-order chi connectivity index (χ1) is 9.85. The third-order valence-corrected chi connectivity index (χ3v) is 3.37. The van der Waals surface area contributed by atoms with E-state index in [1.807, 2.05) is 12.3 Å². The van der Waals surface area contributed by atoms with Crippen LogP contribution in [0.25, 0.3) is 10.9 Å². The molecule has 0 fully saturated rings. The maximum atomic E-state index is 5.70. The molecule has 0 radical (unpaired) electrons. The minimum Gasteiger partial charge on any atom is -0.380 e. The molecule has 0 aliphatic rings. The van der Waals surface area contributed by atoms with Gasteiger partial charge in [-0.15, -0.1) is 0 Å². The molecule has 0 bridgehead atoms. The highest BCUT2D eigenvalue weighted by molar-refractivity contribution is 5.81. The number of nitrogens with one attached hydrogen (secondary N) is 1. The van der Waals surface area contributed by atoms with Crippen LogP contribution in [0.3, 0.4) is 0 Å². The topological polar surface area (TPSA) is 34.1 Å². The summed E-state index contributed by atoms with van der Waals surface area (Å²) in [6.45, 7) is 6.83. The zero-order chi connectivity index (χ0) is 14.2. The minimum absolute atomic E-state index is 0.359. The number of benzene rings is 1. The molecule has 1 aromatic heterocycles. The second kappa shape index (κ2) is 7.98. The van der Waals surface area contributed by atoms with Gasteiger partial charge >= 0.3 is 0 Å². The minimum atomic E-state index is 0.359. The van der Waals surface area contributed by atoms with Crippen molar-refractivity contribution in [2.24, 2.45) is 0 Å². The number of para-hydroxylation sites is 1. The second-order valence-electron chi connectivity index (χ2n) is 5.02. The number of fused-ring (bicyclic) bond motifs is 1. The first-order valence-corrected chi connectivity index (χ1v) is 7.49. The highest BCUT2D eigenvalue weighted by Gasteiger charge is 2.11. The molecule has 1 aromatic carbocycles. The number of likely N-dealkylation sites (N-methyl/N-ethyl adjacent to an activating group) is 1. The van der Waals surface area contributed by atoms with E-state index in [4.69, 9.17) is 4.74 Å². The molecule has 1 N–H and O–H groups in total. The number of hydrogen-bond donors (Lipinski definition) is 1. The van der Waals surface area contributed by atoms with Gasteiger partial charge < -0.3 is 10.1 Å². The number of pyridine rings is 1. The van der Waals surface area contributed by atoms with Crippen molar-refractivity contribution in [3.63, 3.8) is 0 Å². The molecule has 0 amide bonds. The van der Waals surface area contributed by atoms with Crippen LogP contribution in [0.15, 0.2) is 36.5 Å². The Labute approximate surface area is 121 Å². The average Bonchev–Trinajstić information content (AvgIpc) is 2.48. The maximum Gasteiger partial charge on any atom is 0.0704 e. The zero-order valence-corrected chi connectivity index (χ0v) is 12.4. The van der Waals surface area contributed by atoms with Gasteiger partial charge in [0.25, 0.3) is 0 Å². The molecule has 3 nitrogen and oxygen atoms in total. The molecule has 108 valence electrons. The number of aromatic nitrogens is 1. The molecule has 0 aliphatic heterocycles. The first-order valence-electron chi connectivity index (χ1n) is 7.49. The molecule has 1 unspecified atom stereocenters. The molecule has 2 rings (SSSR count). The summed E-state index contributed by atoms with van der Waals surface area (Å²) in [5.41, 5.74) is 2.40. The molecule has 0 aliphatic carbocycles. The zero-order valence-electron chi connectivity index (χ0n) is 12.4. The Balaban J connectivity index is 2.11. The van der Waals surface area contributed by atoms with Gasteiger partial charge in [0.15, 0.2) is 0 Å². The summed E-state index contributed by atoms with van der Waals surface area (Å²) >= 11 is 0. The summed E-state index contributed by atoms with van der Waals surface area (Å²) < 4.78 is 5.70. The van der Waals surface area contributed by atoms with E-state index in [-0.39, 0.29) is 0 Å². The normalized spacial score (nSPS) is 12.7. The van der Waals surface area contributed by atoms with Crippen LogP contribution in [0.2, 0.25) is 0 Å². The van der Waals surface area contributed by atoms with E-state index in [1.54, 1.807) is 0 Å². The quantitative estimate of drug-likeness (QED) is 0.749. The molecule has 0 spiro atoms. The van der Waals surface area contributed by atoms with Crippen LogP contribution in [0.4, 0.5) is 0 Å². The van der Waals surface area contributed by atoms with Crippen molar-refractivity contribution in [1.82, 2.24) is 10.3 Å². The fraction of sp³-hybridized carbons (Fsp3) is 0.471. The molecule has 2 aromatic rings. The smallest absolute Gasteiger partial charge is 0.0704 e. The fourth-order valence-corrected chi connectivity index (χ4v) is 2.45.